The van der Waals surface area contributed by atoms with E-state index in [0.29, 0.717) is 30.3 Å². The van der Waals surface area contributed by atoms with Crippen molar-refractivity contribution in [1.29, 1.82) is 0 Å². The van der Waals surface area contributed by atoms with Crippen molar-refractivity contribution in [2.24, 2.45) is 4.99 Å². The van der Waals surface area contributed by atoms with Crippen molar-refractivity contribution in [2.75, 3.05) is 42.5 Å². The Morgan fingerprint density at radius 1 is 0.867 bits per heavy atom. The number of aliphatic imine (C=N–C) groups is 1. The van der Waals surface area contributed by atoms with E-state index in [9.17, 15) is 0 Å². The molecule has 166 valence electrons. The molecule has 0 saturated heterocycles. The van der Waals surface area contributed by atoms with Gasteiger partial charge < -0.3 is 29.7 Å². The van der Waals surface area contributed by atoms with Crippen LogP contribution in [0, 0.1) is 0 Å². The Hall–Kier alpha value is -2.20. The Labute approximate surface area is 196 Å². The van der Waals surface area contributed by atoms with Crippen molar-refractivity contribution in [3.63, 3.8) is 0 Å². The molecule has 0 spiro atoms. The van der Waals surface area contributed by atoms with E-state index in [1.165, 1.54) is 11.1 Å². The second kappa shape index (κ2) is 13.2. The predicted molar refractivity (Wildman–Crippen MR) is 132 cm³/mol. The number of methoxy groups -OCH3 is 3. The lowest BCUT2D eigenvalue weighted by Crippen LogP contribution is -2.36. The summed E-state index contributed by atoms with van der Waals surface area (Å²) in [6.07, 6.45) is 0. The van der Waals surface area contributed by atoms with Crippen LogP contribution in [-0.4, -0.2) is 53.3 Å². The predicted octanol–water partition coefficient (Wildman–Crippen LogP) is 3.26. The maximum Gasteiger partial charge on any atom is 0.203 e. The summed E-state index contributed by atoms with van der Waals surface area (Å²) in [6.45, 7) is 2.18. The zero-order valence-corrected chi connectivity index (χ0v) is 20.9. The molecule has 0 radical (unpaired) electrons. The fourth-order valence-corrected chi connectivity index (χ4v) is 3.03. The zero-order valence-electron chi connectivity index (χ0n) is 18.6. The highest BCUT2D eigenvalue weighted by atomic mass is 127. The lowest BCUT2D eigenvalue weighted by Gasteiger charge is -2.16. The van der Waals surface area contributed by atoms with Crippen LogP contribution in [0.5, 0.6) is 17.2 Å². The molecule has 2 aromatic rings. The van der Waals surface area contributed by atoms with E-state index < -0.39 is 0 Å². The number of hydrogen-bond acceptors (Lipinski definition) is 5. The standard InChI is InChI=1S/C22H32N4O3.HI/c1-23-22(24-13-16-8-7-9-17(10-16)15-26(2)3)25-14-18-11-19(27-4)21(29-6)20(12-18)28-5;/h7-12H,13-15H2,1-6H3,(H2,23,24,25);1H. The Kier molecular flexibility index (Phi) is 11.3. The van der Waals surface area contributed by atoms with Crippen molar-refractivity contribution in [3.8, 4) is 17.2 Å². The van der Waals surface area contributed by atoms with Crippen LogP contribution in [0.25, 0.3) is 0 Å². The van der Waals surface area contributed by atoms with E-state index in [1.807, 2.05) is 12.1 Å². The molecule has 0 aliphatic heterocycles. The van der Waals surface area contributed by atoms with Crippen LogP contribution >= 0.6 is 24.0 Å². The van der Waals surface area contributed by atoms with Gasteiger partial charge in [-0.2, -0.15) is 0 Å². The summed E-state index contributed by atoms with van der Waals surface area (Å²) in [5, 5.41) is 6.68. The van der Waals surface area contributed by atoms with Gasteiger partial charge in [0.2, 0.25) is 5.75 Å². The van der Waals surface area contributed by atoms with Gasteiger partial charge in [0.05, 0.1) is 21.3 Å². The minimum absolute atomic E-state index is 0. The molecule has 30 heavy (non-hydrogen) atoms. The van der Waals surface area contributed by atoms with Crippen molar-refractivity contribution in [3.05, 3.63) is 53.1 Å². The fourth-order valence-electron chi connectivity index (χ4n) is 3.03. The van der Waals surface area contributed by atoms with Crippen LogP contribution in [0.15, 0.2) is 41.4 Å². The molecule has 2 rings (SSSR count). The highest BCUT2D eigenvalue weighted by Gasteiger charge is 2.13. The van der Waals surface area contributed by atoms with Gasteiger partial charge in [0.25, 0.3) is 0 Å². The zero-order chi connectivity index (χ0) is 21.2. The van der Waals surface area contributed by atoms with Crippen LogP contribution in [0.3, 0.4) is 0 Å². The van der Waals surface area contributed by atoms with Crippen molar-refractivity contribution < 1.29 is 14.2 Å². The van der Waals surface area contributed by atoms with Crippen LogP contribution in [0.4, 0.5) is 0 Å². The van der Waals surface area contributed by atoms with Crippen molar-refractivity contribution >= 4 is 29.9 Å². The second-order valence-corrected chi connectivity index (χ2v) is 6.87. The molecular formula is C22H33IN4O3. The molecule has 8 heteroatoms. The number of nitrogens with one attached hydrogen (secondary N) is 2. The molecule has 0 heterocycles. The third-order valence-corrected chi connectivity index (χ3v) is 4.36. The summed E-state index contributed by atoms with van der Waals surface area (Å²) in [5.41, 5.74) is 3.49. The maximum absolute atomic E-state index is 5.41. The molecule has 0 amide bonds. The summed E-state index contributed by atoms with van der Waals surface area (Å²) >= 11 is 0. The number of guanidine groups is 1. The summed E-state index contributed by atoms with van der Waals surface area (Å²) in [5.74, 6) is 2.56. The van der Waals surface area contributed by atoms with Gasteiger partial charge in [0.1, 0.15) is 0 Å². The van der Waals surface area contributed by atoms with E-state index in [2.05, 4.69) is 58.9 Å². The first-order valence-electron chi connectivity index (χ1n) is 9.46. The van der Waals surface area contributed by atoms with E-state index in [1.54, 1.807) is 28.4 Å². The molecule has 0 atom stereocenters. The van der Waals surface area contributed by atoms with E-state index in [0.717, 1.165) is 18.1 Å². The van der Waals surface area contributed by atoms with Gasteiger partial charge in [-0.05, 0) is 42.9 Å². The van der Waals surface area contributed by atoms with Gasteiger partial charge in [-0.3, -0.25) is 4.99 Å². The van der Waals surface area contributed by atoms with Gasteiger partial charge in [-0.15, -0.1) is 24.0 Å². The lowest BCUT2D eigenvalue weighted by atomic mass is 10.1. The van der Waals surface area contributed by atoms with Crippen LogP contribution in [-0.2, 0) is 19.6 Å². The summed E-state index contributed by atoms with van der Waals surface area (Å²) < 4.78 is 16.2. The SMILES string of the molecule is CN=C(NCc1cccc(CN(C)C)c1)NCc1cc(OC)c(OC)c(OC)c1.I. The average Bonchev–Trinajstić information content (AvgIpc) is 2.72. The Balaban J connectivity index is 0.00000450. The highest BCUT2D eigenvalue weighted by Crippen LogP contribution is 2.38. The largest absolute Gasteiger partial charge is 0.493 e. The second-order valence-electron chi connectivity index (χ2n) is 6.87. The summed E-state index contributed by atoms with van der Waals surface area (Å²) in [7, 11) is 10.7. The Morgan fingerprint density at radius 3 is 1.93 bits per heavy atom. The van der Waals surface area contributed by atoms with E-state index in [4.69, 9.17) is 14.2 Å². The van der Waals surface area contributed by atoms with E-state index in [-0.39, 0.29) is 24.0 Å². The average molecular weight is 528 g/mol. The smallest absolute Gasteiger partial charge is 0.203 e. The molecule has 7 nitrogen and oxygen atoms in total. The van der Waals surface area contributed by atoms with Gasteiger partial charge >= 0.3 is 0 Å². The molecule has 0 aliphatic rings. The first-order valence-corrected chi connectivity index (χ1v) is 9.46. The molecule has 0 bridgehead atoms. The number of rotatable bonds is 9. The van der Waals surface area contributed by atoms with Crippen LogP contribution in [0.2, 0.25) is 0 Å². The highest BCUT2D eigenvalue weighted by molar-refractivity contribution is 14.0. The minimum atomic E-state index is 0. The topological polar surface area (TPSA) is 67.4 Å². The molecule has 0 saturated carbocycles. The molecular weight excluding hydrogens is 495 g/mol. The van der Waals surface area contributed by atoms with Gasteiger partial charge in [0.15, 0.2) is 17.5 Å². The minimum Gasteiger partial charge on any atom is -0.493 e. The summed E-state index contributed by atoms with van der Waals surface area (Å²) in [4.78, 5) is 6.46. The molecule has 0 aliphatic carbocycles. The molecule has 0 unspecified atom stereocenters. The van der Waals surface area contributed by atoms with Crippen molar-refractivity contribution in [2.45, 2.75) is 19.6 Å². The fraction of sp³-hybridized carbons (Fsp3) is 0.409. The number of halogens is 1. The number of nitrogens with zero attached hydrogens (tertiary/aromatic N) is 2. The van der Waals surface area contributed by atoms with Gasteiger partial charge in [-0.1, -0.05) is 24.3 Å². The van der Waals surface area contributed by atoms with Gasteiger partial charge in [0, 0.05) is 26.7 Å². The number of benzene rings is 2. The normalized spacial score (nSPS) is 11.0. The first-order chi connectivity index (χ1) is 14.0. The van der Waals surface area contributed by atoms with Crippen LogP contribution < -0.4 is 24.8 Å². The number of hydrogen-bond donors (Lipinski definition) is 2. The monoisotopic (exact) mass is 528 g/mol. The number of ether oxygens (including phenoxy) is 3. The molecule has 2 N–H and O–H groups in total. The molecule has 0 fully saturated rings. The quantitative estimate of drug-likeness (QED) is 0.296. The maximum atomic E-state index is 5.41. The summed E-state index contributed by atoms with van der Waals surface area (Å²) in [6, 6.07) is 12.4. The van der Waals surface area contributed by atoms with Crippen LogP contribution in [0.1, 0.15) is 16.7 Å². The van der Waals surface area contributed by atoms with Gasteiger partial charge in [-0.25, -0.2) is 0 Å². The third-order valence-electron chi connectivity index (χ3n) is 4.36. The van der Waals surface area contributed by atoms with Crippen molar-refractivity contribution in [1.82, 2.24) is 15.5 Å². The molecule has 2 aromatic carbocycles. The Bertz CT molecular complexity index is 803. The lowest BCUT2D eigenvalue weighted by molar-refractivity contribution is 0.323. The Morgan fingerprint density at radius 2 is 1.43 bits per heavy atom. The van der Waals surface area contributed by atoms with E-state index >= 15 is 0 Å². The molecule has 0 aromatic heterocycles. The third kappa shape index (κ3) is 7.56. The first kappa shape index (κ1) is 25.8.